The van der Waals surface area contributed by atoms with Crippen LogP contribution in [0, 0.1) is 0 Å². The van der Waals surface area contributed by atoms with E-state index in [2.05, 4.69) is 23.7 Å². The van der Waals surface area contributed by atoms with Crippen LogP contribution in [-0.2, 0) is 33.4 Å². The first-order valence-electron chi connectivity index (χ1n) is 12.3. The van der Waals surface area contributed by atoms with Crippen molar-refractivity contribution in [2.24, 2.45) is 0 Å². The van der Waals surface area contributed by atoms with E-state index in [0.717, 1.165) is 11.3 Å². The molecule has 2 N–H and O–H groups in total. The van der Waals surface area contributed by atoms with Crippen LogP contribution in [0.1, 0.15) is 73.3 Å². The molecule has 6 rings (SSSR count). The fourth-order valence-electron chi connectivity index (χ4n) is 4.30. The van der Waals surface area contributed by atoms with Gasteiger partial charge in [-0.05, 0) is 24.3 Å². The lowest BCUT2D eigenvalue weighted by Gasteiger charge is -2.14. The first-order valence-corrected chi connectivity index (χ1v) is 13.9. The van der Waals surface area contributed by atoms with Crippen LogP contribution in [0.15, 0.2) is 24.3 Å². The largest absolute Gasteiger partial charge is 0.477 e. The standard InChI is InChI=1S/C12H6O8S.C12H2O6S.C4H6O3/c13-3-19-5-1-2-6(20-4-14)8-7(5)9(11(15)16)21-10(8)12(17)18;13-9-3-1-2-4-6-5(3)7(11(15)17-9)19-8(6)12(16)18-10(4)14;1-3(5)7-4(2)6/h1-4H,(H,15,16)(H,17,18);1-2H;1-2H3. The second-order valence-electron chi connectivity index (χ2n) is 8.72. The number of carboxylic acids is 2. The van der Waals surface area contributed by atoms with Crippen LogP contribution >= 0.6 is 22.7 Å². The molecule has 0 saturated heterocycles. The number of carbonyl (C=O) groups excluding carboxylic acids is 8. The summed E-state index contributed by atoms with van der Waals surface area (Å²) in [4.78, 5) is 109. The Morgan fingerprint density at radius 2 is 1.00 bits per heavy atom. The van der Waals surface area contributed by atoms with Crippen molar-refractivity contribution in [3.8, 4) is 11.5 Å². The van der Waals surface area contributed by atoms with E-state index in [0.29, 0.717) is 22.1 Å². The zero-order chi connectivity index (χ0) is 34.7. The number of cyclic esters (lactones) is 4. The molecule has 0 aliphatic carbocycles. The maximum absolute atomic E-state index is 11.7. The number of hydrogen-bond donors (Lipinski definition) is 2. The molecule has 19 heteroatoms. The number of esters is 6. The summed E-state index contributed by atoms with van der Waals surface area (Å²) in [5.41, 5.74) is 0.358. The molecular formula is C28H14O17S2. The number of carbonyl (C=O) groups is 10. The van der Waals surface area contributed by atoms with Gasteiger partial charge in [0.1, 0.15) is 31.0 Å². The van der Waals surface area contributed by atoms with E-state index in [-0.39, 0.29) is 65.9 Å². The van der Waals surface area contributed by atoms with Crippen molar-refractivity contribution in [2.75, 3.05) is 0 Å². The summed E-state index contributed by atoms with van der Waals surface area (Å²) in [5.74, 6) is -7.36. The Labute approximate surface area is 266 Å². The number of fused-ring (bicyclic) bond motifs is 1. The smallest absolute Gasteiger partial charge is 0.356 e. The van der Waals surface area contributed by atoms with Crippen LogP contribution in [0.2, 0.25) is 0 Å². The average Bonchev–Trinajstić information content (AvgIpc) is 3.59. The molecule has 47 heavy (non-hydrogen) atoms. The number of thiophene rings is 2. The van der Waals surface area contributed by atoms with Crippen molar-refractivity contribution < 1.29 is 81.8 Å². The molecule has 2 aliphatic rings. The van der Waals surface area contributed by atoms with Gasteiger partial charge in [-0.3, -0.25) is 19.2 Å². The van der Waals surface area contributed by atoms with E-state index in [1.54, 1.807) is 0 Å². The normalized spacial score (nSPS) is 12.4. The Morgan fingerprint density at radius 3 is 1.30 bits per heavy atom. The lowest BCUT2D eigenvalue weighted by atomic mass is 9.97. The lowest BCUT2D eigenvalue weighted by Crippen LogP contribution is -2.20. The fraction of sp³-hybridized carbons (Fsp3) is 0.0714. The topological polar surface area (TPSA) is 257 Å². The molecule has 0 amide bonds. The summed E-state index contributed by atoms with van der Waals surface area (Å²) in [6, 6.07) is 5.20. The number of ether oxygens (including phenoxy) is 5. The number of aromatic carboxylic acids is 2. The van der Waals surface area contributed by atoms with E-state index in [1.807, 2.05) is 0 Å². The molecule has 0 radical (unpaired) electrons. The van der Waals surface area contributed by atoms with Crippen LogP contribution in [0.5, 0.6) is 11.5 Å². The van der Waals surface area contributed by atoms with Crippen molar-refractivity contribution in [2.45, 2.75) is 13.8 Å². The Balaban J connectivity index is 0.000000178. The highest BCUT2D eigenvalue weighted by Gasteiger charge is 2.38. The Bertz CT molecular complexity index is 1960. The first-order chi connectivity index (χ1) is 22.2. The fourth-order valence-corrected chi connectivity index (χ4v) is 6.37. The second-order valence-corrected chi connectivity index (χ2v) is 10.8. The highest BCUT2D eigenvalue weighted by Crippen LogP contribution is 2.43. The monoisotopic (exact) mass is 686 g/mol. The van der Waals surface area contributed by atoms with Crippen molar-refractivity contribution >= 4 is 105 Å². The summed E-state index contributed by atoms with van der Waals surface area (Å²) < 4.78 is 22.5. The molecule has 0 spiro atoms. The van der Waals surface area contributed by atoms with E-state index >= 15 is 0 Å². The SMILES string of the molecule is CC(=O)OC(C)=O.O=C1OC(=O)c2sc3c4c(ccc1c24)C(=O)OC3=O.O=COc1ccc(OC=O)c2c(C(=O)O)sc(C(=O)O)c12. The number of hydrogen-bond acceptors (Lipinski definition) is 17. The van der Waals surface area contributed by atoms with Crippen molar-refractivity contribution in [3.63, 3.8) is 0 Å². The summed E-state index contributed by atoms with van der Waals surface area (Å²) in [7, 11) is 0. The summed E-state index contributed by atoms with van der Waals surface area (Å²) in [6.07, 6.45) is 0. The number of rotatable bonds is 6. The predicted molar refractivity (Wildman–Crippen MR) is 153 cm³/mol. The van der Waals surface area contributed by atoms with Crippen LogP contribution in [0.4, 0.5) is 0 Å². The van der Waals surface area contributed by atoms with Gasteiger partial charge in [0.2, 0.25) is 0 Å². The highest BCUT2D eigenvalue weighted by atomic mass is 32.1. The molecule has 2 aliphatic heterocycles. The van der Waals surface area contributed by atoms with Crippen molar-refractivity contribution in [3.05, 3.63) is 54.9 Å². The highest BCUT2D eigenvalue weighted by molar-refractivity contribution is 7.18. The van der Waals surface area contributed by atoms with Crippen molar-refractivity contribution in [1.29, 1.82) is 0 Å². The van der Waals surface area contributed by atoms with E-state index in [9.17, 15) is 47.9 Å². The summed E-state index contributed by atoms with van der Waals surface area (Å²) in [6.45, 7) is 2.53. The number of benzene rings is 2. The molecular weight excluding hydrogens is 672 g/mol. The third kappa shape index (κ3) is 6.41. The Morgan fingerprint density at radius 1 is 0.617 bits per heavy atom. The maximum Gasteiger partial charge on any atom is 0.356 e. The average molecular weight is 687 g/mol. The van der Waals surface area contributed by atoms with Crippen LogP contribution < -0.4 is 9.47 Å². The molecule has 0 fully saturated rings. The summed E-state index contributed by atoms with van der Waals surface area (Å²) >= 11 is 1.35. The van der Waals surface area contributed by atoms with Gasteiger partial charge in [-0.1, -0.05) is 0 Å². The van der Waals surface area contributed by atoms with Gasteiger partial charge in [0.25, 0.3) is 12.9 Å². The van der Waals surface area contributed by atoms with Gasteiger partial charge < -0.3 is 33.9 Å². The van der Waals surface area contributed by atoms with E-state index < -0.39 is 47.8 Å². The van der Waals surface area contributed by atoms with Gasteiger partial charge in [-0.15, -0.1) is 22.7 Å². The van der Waals surface area contributed by atoms with Gasteiger partial charge in [0.05, 0.1) is 21.9 Å². The zero-order valence-corrected chi connectivity index (χ0v) is 24.9. The Hall–Kier alpha value is -6.34. The zero-order valence-electron chi connectivity index (χ0n) is 23.3. The predicted octanol–water partition coefficient (Wildman–Crippen LogP) is 2.99. The molecule has 4 aromatic rings. The third-order valence-corrected chi connectivity index (χ3v) is 8.17. The molecule has 0 atom stereocenters. The van der Waals surface area contributed by atoms with Gasteiger partial charge >= 0.3 is 47.8 Å². The van der Waals surface area contributed by atoms with Crippen molar-refractivity contribution in [1.82, 2.24) is 0 Å². The molecule has 0 saturated carbocycles. The minimum absolute atomic E-state index is 0.0821. The minimum atomic E-state index is -1.39. The Kier molecular flexibility index (Phi) is 9.52. The maximum atomic E-state index is 11.7. The van der Waals surface area contributed by atoms with Gasteiger partial charge in [-0.25, -0.2) is 28.8 Å². The van der Waals surface area contributed by atoms with Gasteiger partial charge in [-0.2, -0.15) is 0 Å². The molecule has 0 unspecified atom stereocenters. The minimum Gasteiger partial charge on any atom is -0.477 e. The van der Waals surface area contributed by atoms with E-state index in [4.69, 9.17) is 10.2 Å². The van der Waals surface area contributed by atoms with Gasteiger partial charge in [0.15, 0.2) is 0 Å². The number of carboxylic acid groups (broad SMARTS) is 2. The van der Waals surface area contributed by atoms with E-state index in [1.165, 1.54) is 38.1 Å². The van der Waals surface area contributed by atoms with Crippen LogP contribution in [0.25, 0.3) is 21.5 Å². The van der Waals surface area contributed by atoms with Crippen LogP contribution in [0.3, 0.4) is 0 Å². The first kappa shape index (κ1) is 33.6. The third-order valence-electron chi connectivity index (χ3n) is 5.86. The molecule has 17 nitrogen and oxygen atoms in total. The summed E-state index contributed by atoms with van der Waals surface area (Å²) in [5, 5.41) is 18.7. The molecule has 4 heterocycles. The van der Waals surface area contributed by atoms with Crippen LogP contribution in [-0.4, -0.2) is 70.9 Å². The second kappa shape index (κ2) is 13.3. The molecule has 2 aromatic heterocycles. The molecule has 240 valence electrons. The quantitative estimate of drug-likeness (QED) is 0.128. The lowest BCUT2D eigenvalue weighted by molar-refractivity contribution is -0.156. The molecule has 2 aromatic carbocycles. The molecule has 0 bridgehead atoms. The van der Waals surface area contributed by atoms with Gasteiger partial charge in [0, 0.05) is 24.6 Å².